The third-order valence-corrected chi connectivity index (χ3v) is 3.93. The van der Waals surface area contributed by atoms with Gasteiger partial charge in [0.15, 0.2) is 0 Å². The molecule has 0 heterocycles. The van der Waals surface area contributed by atoms with Gasteiger partial charge in [0.25, 0.3) is 0 Å². The molecule has 3 nitrogen and oxygen atoms in total. The monoisotopic (exact) mass is 267 g/mol. The van der Waals surface area contributed by atoms with E-state index in [1.165, 1.54) is 11.8 Å². The van der Waals surface area contributed by atoms with Crippen LogP contribution in [0.5, 0.6) is 0 Å². The summed E-state index contributed by atoms with van der Waals surface area (Å²) in [5.74, 6) is 0.503. The maximum atomic E-state index is 12.0. The lowest BCUT2D eigenvalue weighted by Crippen LogP contribution is -2.35. The second-order valence-electron chi connectivity index (χ2n) is 4.84. The molecule has 4 heteroatoms. The van der Waals surface area contributed by atoms with Crippen molar-refractivity contribution in [2.45, 2.75) is 31.6 Å². The molecule has 1 rings (SSSR count). The zero-order valence-electron chi connectivity index (χ0n) is 11.2. The minimum absolute atomic E-state index is 0.196. The maximum Gasteiger partial charge on any atom is 0.323 e. The van der Waals surface area contributed by atoms with Crippen molar-refractivity contribution in [2.24, 2.45) is 5.73 Å². The van der Waals surface area contributed by atoms with Gasteiger partial charge in [-0.15, -0.1) is 11.8 Å². The number of hydrogen-bond acceptors (Lipinski definition) is 4. The lowest BCUT2D eigenvalue weighted by atomic mass is 10.1. The van der Waals surface area contributed by atoms with Crippen molar-refractivity contribution >= 4 is 17.7 Å². The average molecular weight is 267 g/mol. The molecule has 0 radical (unpaired) electrons. The standard InChI is InChI=1S/C14H21NO2S/c1-4-17-13(16)12(18-10-14(2,3)15)11-8-6-5-7-9-11/h5-9,12H,4,10,15H2,1-3H3. The Morgan fingerprint density at radius 3 is 2.50 bits per heavy atom. The van der Waals surface area contributed by atoms with Gasteiger partial charge in [0, 0.05) is 11.3 Å². The third kappa shape index (κ3) is 5.10. The van der Waals surface area contributed by atoms with E-state index in [1.54, 1.807) is 0 Å². The highest BCUT2D eigenvalue weighted by Crippen LogP contribution is 2.31. The highest BCUT2D eigenvalue weighted by Gasteiger charge is 2.24. The molecule has 100 valence electrons. The fourth-order valence-electron chi connectivity index (χ4n) is 1.44. The molecule has 1 aromatic rings. The summed E-state index contributed by atoms with van der Waals surface area (Å²) in [6, 6.07) is 9.67. The quantitative estimate of drug-likeness (QED) is 0.805. The lowest BCUT2D eigenvalue weighted by molar-refractivity contribution is -0.142. The van der Waals surface area contributed by atoms with Crippen LogP contribution in [-0.2, 0) is 9.53 Å². The first kappa shape index (κ1) is 15.1. The molecular formula is C14H21NO2S. The first-order chi connectivity index (χ1) is 8.44. The molecule has 0 fully saturated rings. The Kier molecular flexibility index (Phi) is 5.69. The van der Waals surface area contributed by atoms with E-state index >= 15 is 0 Å². The van der Waals surface area contributed by atoms with Crippen LogP contribution in [0, 0.1) is 0 Å². The van der Waals surface area contributed by atoms with Crippen LogP contribution in [0.2, 0.25) is 0 Å². The second-order valence-corrected chi connectivity index (χ2v) is 5.94. The summed E-state index contributed by atoms with van der Waals surface area (Å²) in [6.45, 7) is 6.12. The van der Waals surface area contributed by atoms with Crippen molar-refractivity contribution in [3.8, 4) is 0 Å². The molecule has 0 saturated carbocycles. The van der Waals surface area contributed by atoms with Crippen LogP contribution in [-0.4, -0.2) is 23.9 Å². The minimum Gasteiger partial charge on any atom is -0.465 e. The fraction of sp³-hybridized carbons (Fsp3) is 0.500. The van der Waals surface area contributed by atoms with E-state index in [2.05, 4.69) is 0 Å². The summed E-state index contributed by atoms with van der Waals surface area (Å²) < 4.78 is 5.12. The Balaban J connectivity index is 2.79. The smallest absolute Gasteiger partial charge is 0.323 e. The molecule has 0 amide bonds. The average Bonchev–Trinajstić information content (AvgIpc) is 2.29. The Morgan fingerprint density at radius 2 is 2.00 bits per heavy atom. The Bertz CT molecular complexity index is 373. The second kappa shape index (κ2) is 6.81. The third-order valence-electron chi connectivity index (χ3n) is 2.23. The number of carbonyl (C=O) groups excluding carboxylic acids is 1. The molecule has 1 aromatic carbocycles. The number of benzene rings is 1. The molecule has 0 aliphatic rings. The fourth-order valence-corrected chi connectivity index (χ4v) is 2.59. The Morgan fingerprint density at radius 1 is 1.39 bits per heavy atom. The topological polar surface area (TPSA) is 52.3 Å². The predicted molar refractivity (Wildman–Crippen MR) is 76.5 cm³/mol. The minimum atomic E-state index is -0.301. The Hall–Kier alpha value is -1.00. The van der Waals surface area contributed by atoms with Crippen LogP contribution in [0.25, 0.3) is 0 Å². The van der Waals surface area contributed by atoms with Gasteiger partial charge in [0.05, 0.1) is 6.61 Å². The lowest BCUT2D eigenvalue weighted by Gasteiger charge is -2.22. The van der Waals surface area contributed by atoms with Gasteiger partial charge in [-0.05, 0) is 26.3 Å². The number of rotatable bonds is 6. The molecular weight excluding hydrogens is 246 g/mol. The van der Waals surface area contributed by atoms with Gasteiger partial charge in [0.1, 0.15) is 5.25 Å². The zero-order chi connectivity index (χ0) is 13.6. The number of carbonyl (C=O) groups is 1. The van der Waals surface area contributed by atoms with Crippen LogP contribution in [0.1, 0.15) is 31.6 Å². The molecule has 0 bridgehead atoms. The van der Waals surface area contributed by atoms with Gasteiger partial charge in [0.2, 0.25) is 0 Å². The zero-order valence-corrected chi connectivity index (χ0v) is 12.0. The van der Waals surface area contributed by atoms with Gasteiger partial charge >= 0.3 is 5.97 Å². The first-order valence-corrected chi connectivity index (χ1v) is 7.11. The van der Waals surface area contributed by atoms with Crippen molar-refractivity contribution in [1.29, 1.82) is 0 Å². The first-order valence-electron chi connectivity index (χ1n) is 6.06. The summed E-state index contributed by atoms with van der Waals surface area (Å²) in [5, 5.41) is -0.297. The molecule has 0 aliphatic heterocycles. The normalized spacial score (nSPS) is 13.1. The summed E-state index contributed by atoms with van der Waals surface area (Å²) in [7, 11) is 0. The van der Waals surface area contributed by atoms with Crippen molar-refractivity contribution in [3.05, 3.63) is 35.9 Å². The van der Waals surface area contributed by atoms with Gasteiger partial charge < -0.3 is 10.5 Å². The maximum absolute atomic E-state index is 12.0. The number of esters is 1. The molecule has 18 heavy (non-hydrogen) atoms. The van der Waals surface area contributed by atoms with Crippen LogP contribution < -0.4 is 5.73 Å². The summed E-state index contributed by atoms with van der Waals surface area (Å²) in [6.07, 6.45) is 0. The molecule has 0 aromatic heterocycles. The Labute approximate surface area is 113 Å². The summed E-state index contributed by atoms with van der Waals surface area (Å²) in [5.41, 5.74) is 6.62. The SMILES string of the molecule is CCOC(=O)C(SCC(C)(C)N)c1ccccc1. The molecule has 2 N–H and O–H groups in total. The summed E-state index contributed by atoms with van der Waals surface area (Å²) >= 11 is 1.53. The van der Waals surface area contributed by atoms with Crippen molar-refractivity contribution in [1.82, 2.24) is 0 Å². The van der Waals surface area contributed by atoms with E-state index in [0.29, 0.717) is 12.4 Å². The predicted octanol–water partition coefficient (Wildman–Crippen LogP) is 2.76. The number of hydrogen-bond donors (Lipinski definition) is 1. The van der Waals surface area contributed by atoms with E-state index in [0.717, 1.165) is 5.56 Å². The van der Waals surface area contributed by atoms with Crippen LogP contribution in [0.3, 0.4) is 0 Å². The van der Waals surface area contributed by atoms with Crippen LogP contribution >= 0.6 is 11.8 Å². The number of nitrogens with two attached hydrogens (primary N) is 1. The molecule has 1 atom stereocenters. The van der Waals surface area contributed by atoms with Crippen molar-refractivity contribution < 1.29 is 9.53 Å². The molecule has 0 aliphatic carbocycles. The number of thioether (sulfide) groups is 1. The van der Waals surface area contributed by atoms with E-state index < -0.39 is 0 Å². The van der Waals surface area contributed by atoms with Gasteiger partial charge in [-0.25, -0.2) is 0 Å². The van der Waals surface area contributed by atoms with E-state index in [-0.39, 0.29) is 16.8 Å². The van der Waals surface area contributed by atoms with Gasteiger partial charge in [-0.2, -0.15) is 0 Å². The largest absolute Gasteiger partial charge is 0.465 e. The highest BCUT2D eigenvalue weighted by molar-refractivity contribution is 8.00. The van der Waals surface area contributed by atoms with E-state index in [1.807, 2.05) is 51.1 Å². The van der Waals surface area contributed by atoms with Gasteiger partial charge in [-0.1, -0.05) is 30.3 Å². The number of ether oxygens (including phenoxy) is 1. The van der Waals surface area contributed by atoms with E-state index in [9.17, 15) is 4.79 Å². The van der Waals surface area contributed by atoms with Crippen molar-refractivity contribution in [3.63, 3.8) is 0 Å². The summed E-state index contributed by atoms with van der Waals surface area (Å²) in [4.78, 5) is 12.0. The highest BCUT2D eigenvalue weighted by atomic mass is 32.2. The molecule has 1 unspecified atom stereocenters. The molecule has 0 spiro atoms. The van der Waals surface area contributed by atoms with E-state index in [4.69, 9.17) is 10.5 Å². The van der Waals surface area contributed by atoms with Crippen LogP contribution in [0.4, 0.5) is 0 Å². The van der Waals surface area contributed by atoms with Crippen molar-refractivity contribution in [2.75, 3.05) is 12.4 Å². The van der Waals surface area contributed by atoms with Gasteiger partial charge in [-0.3, -0.25) is 4.79 Å². The molecule has 0 saturated heterocycles. The van der Waals surface area contributed by atoms with Crippen LogP contribution in [0.15, 0.2) is 30.3 Å².